The molecule has 0 aromatic heterocycles. The molecule has 3 heteroatoms. The molecule has 1 N–H and O–H groups in total. The molecular weight excluding hydrogens is 263 g/mol. The maximum Gasteiger partial charge on any atom is 0.146 e. The van der Waals surface area contributed by atoms with Crippen molar-refractivity contribution in [3.05, 3.63) is 59.4 Å². The highest BCUT2D eigenvalue weighted by Crippen LogP contribution is 2.21. The van der Waals surface area contributed by atoms with E-state index in [1.54, 1.807) is 12.1 Å². The molecule has 3 rings (SSSR count). The fraction of sp³-hybridized carbons (Fsp3) is 0.333. The summed E-state index contributed by atoms with van der Waals surface area (Å²) >= 11 is 0. The number of aryl methyl sites for hydroxylation is 1. The Labute approximate surface area is 125 Å². The SMILES string of the molecule is Cc1ccc(NCc2ccc(N3CCCC3)cc2)c(F)c1. The molecule has 0 bridgehead atoms. The van der Waals surface area contributed by atoms with E-state index in [1.165, 1.54) is 18.5 Å². The number of hydrogen-bond acceptors (Lipinski definition) is 2. The first-order valence-electron chi connectivity index (χ1n) is 7.56. The molecule has 1 fully saturated rings. The van der Waals surface area contributed by atoms with Crippen LogP contribution in [0.3, 0.4) is 0 Å². The standard InChI is InChI=1S/C18H21FN2/c1-14-4-9-18(17(19)12-14)20-13-15-5-7-16(8-6-15)21-10-2-3-11-21/h4-9,12,20H,2-3,10-11,13H2,1H3. The average Bonchev–Trinajstić information content (AvgIpc) is 3.01. The molecule has 0 spiro atoms. The molecule has 0 radical (unpaired) electrons. The normalized spacial score (nSPS) is 14.5. The lowest BCUT2D eigenvalue weighted by atomic mass is 10.1. The Kier molecular flexibility index (Phi) is 4.09. The van der Waals surface area contributed by atoms with Crippen LogP contribution in [0.4, 0.5) is 15.8 Å². The number of nitrogens with one attached hydrogen (secondary N) is 1. The predicted molar refractivity (Wildman–Crippen MR) is 86.4 cm³/mol. The van der Waals surface area contributed by atoms with Gasteiger partial charge in [0.05, 0.1) is 5.69 Å². The highest BCUT2D eigenvalue weighted by molar-refractivity contribution is 5.50. The van der Waals surface area contributed by atoms with Crippen molar-refractivity contribution in [1.82, 2.24) is 0 Å². The molecule has 0 saturated carbocycles. The van der Waals surface area contributed by atoms with Gasteiger partial charge in [-0.1, -0.05) is 18.2 Å². The molecule has 0 amide bonds. The van der Waals surface area contributed by atoms with Crippen LogP contribution in [0.5, 0.6) is 0 Å². The number of hydrogen-bond donors (Lipinski definition) is 1. The zero-order valence-electron chi connectivity index (χ0n) is 12.4. The predicted octanol–water partition coefficient (Wildman–Crippen LogP) is 4.35. The van der Waals surface area contributed by atoms with Crippen LogP contribution in [-0.2, 0) is 6.54 Å². The third kappa shape index (κ3) is 3.35. The summed E-state index contributed by atoms with van der Waals surface area (Å²) in [6.45, 7) is 4.85. The van der Waals surface area contributed by atoms with E-state index in [-0.39, 0.29) is 5.82 Å². The third-order valence-corrected chi connectivity index (χ3v) is 4.02. The van der Waals surface area contributed by atoms with Gasteiger partial charge in [0.15, 0.2) is 0 Å². The first-order valence-corrected chi connectivity index (χ1v) is 7.56. The molecule has 0 aliphatic carbocycles. The Balaban J connectivity index is 1.62. The molecule has 1 heterocycles. The fourth-order valence-electron chi connectivity index (χ4n) is 2.76. The molecule has 1 aliphatic rings. The average molecular weight is 284 g/mol. The second kappa shape index (κ2) is 6.17. The molecule has 1 aliphatic heterocycles. The van der Waals surface area contributed by atoms with Gasteiger partial charge in [0.25, 0.3) is 0 Å². The number of rotatable bonds is 4. The summed E-state index contributed by atoms with van der Waals surface area (Å²) in [5.41, 5.74) is 3.95. The van der Waals surface area contributed by atoms with Crippen LogP contribution < -0.4 is 10.2 Å². The van der Waals surface area contributed by atoms with Crippen LogP contribution in [0.2, 0.25) is 0 Å². The molecule has 21 heavy (non-hydrogen) atoms. The Morgan fingerprint density at radius 2 is 1.76 bits per heavy atom. The zero-order valence-corrected chi connectivity index (χ0v) is 12.4. The molecular formula is C18H21FN2. The van der Waals surface area contributed by atoms with Gasteiger partial charge >= 0.3 is 0 Å². The Hall–Kier alpha value is -2.03. The van der Waals surface area contributed by atoms with Gasteiger partial charge in [0.2, 0.25) is 0 Å². The summed E-state index contributed by atoms with van der Waals surface area (Å²) in [6.07, 6.45) is 2.58. The van der Waals surface area contributed by atoms with Crippen molar-refractivity contribution in [3.63, 3.8) is 0 Å². The highest BCUT2D eigenvalue weighted by Gasteiger charge is 2.11. The van der Waals surface area contributed by atoms with Crippen LogP contribution in [0.1, 0.15) is 24.0 Å². The van der Waals surface area contributed by atoms with E-state index in [2.05, 4.69) is 34.5 Å². The van der Waals surface area contributed by atoms with Gasteiger partial charge in [-0.15, -0.1) is 0 Å². The van der Waals surface area contributed by atoms with Crippen LogP contribution in [0, 0.1) is 12.7 Å². The summed E-state index contributed by atoms with van der Waals surface area (Å²) in [5.74, 6) is -0.191. The van der Waals surface area contributed by atoms with E-state index in [0.717, 1.165) is 24.2 Å². The summed E-state index contributed by atoms with van der Waals surface area (Å²) in [6, 6.07) is 13.8. The molecule has 0 unspecified atom stereocenters. The maximum atomic E-state index is 13.8. The molecule has 2 aromatic rings. The van der Waals surface area contributed by atoms with Gasteiger partial charge in [-0.05, 0) is 55.2 Å². The summed E-state index contributed by atoms with van der Waals surface area (Å²) in [4.78, 5) is 2.41. The second-order valence-electron chi connectivity index (χ2n) is 5.70. The minimum absolute atomic E-state index is 0.191. The van der Waals surface area contributed by atoms with Crippen molar-refractivity contribution in [2.24, 2.45) is 0 Å². The number of halogens is 1. The Bertz CT molecular complexity index is 601. The fourth-order valence-corrected chi connectivity index (χ4v) is 2.76. The third-order valence-electron chi connectivity index (χ3n) is 4.02. The van der Waals surface area contributed by atoms with Gasteiger partial charge in [-0.3, -0.25) is 0 Å². The minimum atomic E-state index is -0.191. The lowest BCUT2D eigenvalue weighted by Gasteiger charge is -2.18. The topological polar surface area (TPSA) is 15.3 Å². The van der Waals surface area contributed by atoms with E-state index in [0.29, 0.717) is 12.2 Å². The van der Waals surface area contributed by atoms with Gasteiger partial charge in [-0.25, -0.2) is 4.39 Å². The summed E-state index contributed by atoms with van der Waals surface area (Å²) < 4.78 is 13.8. The molecule has 110 valence electrons. The van der Waals surface area contributed by atoms with E-state index in [4.69, 9.17) is 0 Å². The minimum Gasteiger partial charge on any atom is -0.379 e. The van der Waals surface area contributed by atoms with Crippen molar-refractivity contribution in [1.29, 1.82) is 0 Å². The van der Waals surface area contributed by atoms with E-state index in [1.807, 2.05) is 13.0 Å². The van der Waals surface area contributed by atoms with Crippen molar-refractivity contribution in [3.8, 4) is 0 Å². The summed E-state index contributed by atoms with van der Waals surface area (Å²) in [7, 11) is 0. The van der Waals surface area contributed by atoms with Crippen LogP contribution in [0.25, 0.3) is 0 Å². The number of nitrogens with zero attached hydrogens (tertiary/aromatic N) is 1. The number of anilines is 2. The second-order valence-corrected chi connectivity index (χ2v) is 5.70. The lowest BCUT2D eigenvalue weighted by Crippen LogP contribution is -2.17. The van der Waals surface area contributed by atoms with E-state index in [9.17, 15) is 4.39 Å². The molecule has 0 atom stereocenters. The monoisotopic (exact) mass is 284 g/mol. The number of benzene rings is 2. The van der Waals surface area contributed by atoms with Gasteiger partial charge in [-0.2, -0.15) is 0 Å². The lowest BCUT2D eigenvalue weighted by molar-refractivity contribution is 0.629. The first-order chi connectivity index (χ1) is 10.2. The Morgan fingerprint density at radius 1 is 1.05 bits per heavy atom. The van der Waals surface area contributed by atoms with E-state index >= 15 is 0 Å². The van der Waals surface area contributed by atoms with Gasteiger partial charge in [0.1, 0.15) is 5.82 Å². The smallest absolute Gasteiger partial charge is 0.146 e. The van der Waals surface area contributed by atoms with Crippen molar-refractivity contribution >= 4 is 11.4 Å². The van der Waals surface area contributed by atoms with Crippen LogP contribution >= 0.6 is 0 Å². The van der Waals surface area contributed by atoms with Crippen LogP contribution in [-0.4, -0.2) is 13.1 Å². The largest absolute Gasteiger partial charge is 0.379 e. The van der Waals surface area contributed by atoms with Crippen molar-refractivity contribution in [2.75, 3.05) is 23.3 Å². The van der Waals surface area contributed by atoms with Crippen LogP contribution in [0.15, 0.2) is 42.5 Å². The van der Waals surface area contributed by atoms with Gasteiger partial charge < -0.3 is 10.2 Å². The molecule has 2 nitrogen and oxygen atoms in total. The quantitative estimate of drug-likeness (QED) is 0.898. The maximum absolute atomic E-state index is 13.8. The first kappa shape index (κ1) is 13.9. The zero-order chi connectivity index (χ0) is 14.7. The van der Waals surface area contributed by atoms with Crippen molar-refractivity contribution < 1.29 is 4.39 Å². The molecule has 1 saturated heterocycles. The Morgan fingerprint density at radius 3 is 2.43 bits per heavy atom. The summed E-state index contributed by atoms with van der Waals surface area (Å²) in [5, 5.41) is 3.16. The van der Waals surface area contributed by atoms with E-state index < -0.39 is 0 Å². The highest BCUT2D eigenvalue weighted by atomic mass is 19.1. The van der Waals surface area contributed by atoms with Crippen molar-refractivity contribution in [2.45, 2.75) is 26.3 Å². The van der Waals surface area contributed by atoms with Gasteiger partial charge in [0, 0.05) is 25.3 Å². The molecule has 2 aromatic carbocycles.